The number of hydrogen-bond acceptors (Lipinski definition) is 5. The molecule has 0 aliphatic rings. The second-order valence-electron chi connectivity index (χ2n) is 5.15. The average Bonchev–Trinajstić information content (AvgIpc) is 2.95. The van der Waals surface area contributed by atoms with Crippen molar-refractivity contribution < 1.29 is 9.66 Å². The highest BCUT2D eigenvalue weighted by Gasteiger charge is 2.18. The molecule has 1 aromatic heterocycles. The minimum absolute atomic E-state index is 0.0732. The molecule has 0 fully saturated rings. The number of rotatable bonds is 5. The molecule has 0 aliphatic carbocycles. The van der Waals surface area contributed by atoms with Crippen LogP contribution in [0.1, 0.15) is 13.3 Å². The molecule has 0 aliphatic heterocycles. The summed E-state index contributed by atoms with van der Waals surface area (Å²) in [6.07, 6.45) is 0.782. The van der Waals surface area contributed by atoms with Crippen molar-refractivity contribution in [1.82, 2.24) is 9.97 Å². The first-order valence-electron chi connectivity index (χ1n) is 7.25. The Bertz CT molecular complexity index is 873. The van der Waals surface area contributed by atoms with Gasteiger partial charge in [-0.3, -0.25) is 10.1 Å². The Balaban J connectivity index is 2.04. The topological polar surface area (TPSA) is 107 Å². The molecule has 0 saturated heterocycles. The largest absolute Gasteiger partial charge is 0.487 e. The molecule has 0 spiro atoms. The van der Waals surface area contributed by atoms with Gasteiger partial charge in [0.25, 0.3) is 0 Å². The molecule has 0 atom stereocenters. The Morgan fingerprint density at radius 2 is 2.13 bits per heavy atom. The minimum atomic E-state index is -0.449. The summed E-state index contributed by atoms with van der Waals surface area (Å²) < 4.78 is 5.42. The summed E-state index contributed by atoms with van der Waals surface area (Å²) in [6.45, 7) is 2.38. The lowest BCUT2D eigenvalue weighted by molar-refractivity contribution is -0.385. The van der Waals surface area contributed by atoms with Crippen molar-refractivity contribution in [1.29, 1.82) is 0 Å². The van der Waals surface area contributed by atoms with Crippen LogP contribution in [0, 0.1) is 10.1 Å². The first-order valence-corrected chi connectivity index (χ1v) is 7.25. The molecule has 0 saturated carbocycles. The normalized spacial score (nSPS) is 10.8. The van der Waals surface area contributed by atoms with E-state index in [9.17, 15) is 10.1 Å². The number of benzene rings is 2. The van der Waals surface area contributed by atoms with E-state index in [1.807, 2.05) is 6.92 Å². The summed E-state index contributed by atoms with van der Waals surface area (Å²) in [5.74, 6) is 0.816. The fourth-order valence-electron chi connectivity index (χ4n) is 2.31. The van der Waals surface area contributed by atoms with Crippen LogP contribution in [0.25, 0.3) is 22.4 Å². The molecule has 118 valence electrons. The standard InChI is InChI=1S/C16H16N4O3/c1-2-7-23-15-6-3-10(8-14(15)20(21)22)16-18-12-5-4-11(17)9-13(12)19-16/h3-6,8-9H,2,7,17H2,1H3,(H,18,19). The second kappa shape index (κ2) is 5.96. The van der Waals surface area contributed by atoms with Crippen molar-refractivity contribution >= 4 is 22.4 Å². The number of fused-ring (bicyclic) bond motifs is 1. The molecule has 3 N–H and O–H groups in total. The monoisotopic (exact) mass is 312 g/mol. The molecule has 0 bridgehead atoms. The van der Waals surface area contributed by atoms with Gasteiger partial charge in [-0.25, -0.2) is 4.98 Å². The predicted molar refractivity (Wildman–Crippen MR) is 88.4 cm³/mol. The minimum Gasteiger partial charge on any atom is -0.487 e. The number of nitrogens with two attached hydrogens (primary N) is 1. The van der Waals surface area contributed by atoms with Gasteiger partial charge in [0.15, 0.2) is 5.75 Å². The van der Waals surface area contributed by atoms with Crippen molar-refractivity contribution in [3.05, 3.63) is 46.5 Å². The molecular formula is C16H16N4O3. The molecule has 0 radical (unpaired) electrons. The second-order valence-corrected chi connectivity index (χ2v) is 5.15. The van der Waals surface area contributed by atoms with E-state index >= 15 is 0 Å². The van der Waals surface area contributed by atoms with Crippen LogP contribution in [-0.4, -0.2) is 21.5 Å². The van der Waals surface area contributed by atoms with E-state index in [1.54, 1.807) is 30.3 Å². The van der Waals surface area contributed by atoms with E-state index in [0.717, 1.165) is 17.5 Å². The van der Waals surface area contributed by atoms with Gasteiger partial charge in [0.2, 0.25) is 0 Å². The number of aromatic amines is 1. The fraction of sp³-hybridized carbons (Fsp3) is 0.188. The molecule has 0 unspecified atom stereocenters. The first-order chi connectivity index (χ1) is 11.1. The Labute approximate surface area is 132 Å². The number of hydrogen-bond donors (Lipinski definition) is 2. The number of nitrogens with one attached hydrogen (secondary N) is 1. The Morgan fingerprint density at radius 1 is 1.30 bits per heavy atom. The average molecular weight is 312 g/mol. The maximum atomic E-state index is 11.3. The predicted octanol–water partition coefficient (Wildman–Crippen LogP) is 3.51. The zero-order chi connectivity index (χ0) is 16.4. The third-order valence-electron chi connectivity index (χ3n) is 3.40. The quantitative estimate of drug-likeness (QED) is 0.426. The number of imidazole rings is 1. The lowest BCUT2D eigenvalue weighted by atomic mass is 10.2. The SMILES string of the molecule is CCCOc1ccc(-c2nc3ccc(N)cc3[nH]2)cc1[N+](=O)[O-]. The summed E-state index contributed by atoms with van der Waals surface area (Å²) in [5.41, 5.74) is 8.46. The first kappa shape index (κ1) is 14.8. The molecule has 7 heteroatoms. The Kier molecular flexibility index (Phi) is 3.84. The van der Waals surface area contributed by atoms with Crippen LogP contribution in [0.15, 0.2) is 36.4 Å². The summed E-state index contributed by atoms with van der Waals surface area (Å²) in [6, 6.07) is 10.2. The van der Waals surface area contributed by atoms with Crippen molar-refractivity contribution in [2.75, 3.05) is 12.3 Å². The van der Waals surface area contributed by atoms with Gasteiger partial charge in [-0.15, -0.1) is 0 Å². The molecule has 0 amide bonds. The number of nitro benzene ring substituents is 1. The Hall–Kier alpha value is -3.09. The molecule has 2 aromatic carbocycles. The number of ether oxygens (including phenoxy) is 1. The van der Waals surface area contributed by atoms with E-state index in [4.69, 9.17) is 10.5 Å². The fourth-order valence-corrected chi connectivity index (χ4v) is 2.31. The van der Waals surface area contributed by atoms with Gasteiger partial charge in [-0.05, 0) is 36.8 Å². The lowest BCUT2D eigenvalue weighted by Gasteiger charge is -2.06. The van der Waals surface area contributed by atoms with Crippen molar-refractivity contribution in [2.24, 2.45) is 0 Å². The highest BCUT2D eigenvalue weighted by atomic mass is 16.6. The number of nitrogens with zero attached hydrogens (tertiary/aromatic N) is 2. The van der Waals surface area contributed by atoms with Crippen LogP contribution in [-0.2, 0) is 0 Å². The van der Waals surface area contributed by atoms with Gasteiger partial charge in [0, 0.05) is 17.3 Å². The summed E-state index contributed by atoms with van der Waals surface area (Å²) in [5, 5.41) is 11.3. The summed E-state index contributed by atoms with van der Waals surface area (Å²) in [7, 11) is 0. The third kappa shape index (κ3) is 2.94. The van der Waals surface area contributed by atoms with Crippen LogP contribution in [0.2, 0.25) is 0 Å². The van der Waals surface area contributed by atoms with Crippen LogP contribution < -0.4 is 10.5 Å². The van der Waals surface area contributed by atoms with Crippen molar-refractivity contribution in [2.45, 2.75) is 13.3 Å². The van der Waals surface area contributed by atoms with Crippen LogP contribution in [0.5, 0.6) is 5.75 Å². The molecule has 3 aromatic rings. The maximum absolute atomic E-state index is 11.3. The Morgan fingerprint density at radius 3 is 2.87 bits per heavy atom. The van der Waals surface area contributed by atoms with Crippen LogP contribution in [0.3, 0.4) is 0 Å². The van der Waals surface area contributed by atoms with Crippen LogP contribution in [0.4, 0.5) is 11.4 Å². The maximum Gasteiger partial charge on any atom is 0.311 e. The van der Waals surface area contributed by atoms with Gasteiger partial charge in [0.05, 0.1) is 22.6 Å². The smallest absolute Gasteiger partial charge is 0.311 e. The van der Waals surface area contributed by atoms with Gasteiger partial charge >= 0.3 is 5.69 Å². The van der Waals surface area contributed by atoms with E-state index < -0.39 is 4.92 Å². The van der Waals surface area contributed by atoms with Gasteiger partial charge in [-0.2, -0.15) is 0 Å². The van der Waals surface area contributed by atoms with Gasteiger partial charge in [0.1, 0.15) is 5.82 Å². The molecule has 1 heterocycles. The molecule has 7 nitrogen and oxygen atoms in total. The number of nitrogen functional groups attached to an aromatic ring is 1. The number of nitro groups is 1. The van der Waals surface area contributed by atoms with Crippen LogP contribution >= 0.6 is 0 Å². The van der Waals surface area contributed by atoms with Gasteiger partial charge in [-0.1, -0.05) is 6.92 Å². The summed E-state index contributed by atoms with van der Waals surface area (Å²) in [4.78, 5) is 18.4. The van der Waals surface area contributed by atoms with E-state index in [2.05, 4.69) is 9.97 Å². The van der Waals surface area contributed by atoms with E-state index in [-0.39, 0.29) is 11.4 Å². The molecular weight excluding hydrogens is 296 g/mol. The highest BCUT2D eigenvalue weighted by molar-refractivity contribution is 5.82. The number of H-pyrrole nitrogens is 1. The third-order valence-corrected chi connectivity index (χ3v) is 3.40. The number of aromatic nitrogens is 2. The van der Waals surface area contributed by atoms with Gasteiger partial charge < -0.3 is 15.5 Å². The van der Waals surface area contributed by atoms with E-state index in [1.165, 1.54) is 6.07 Å². The molecule has 3 rings (SSSR count). The zero-order valence-electron chi connectivity index (χ0n) is 12.6. The van der Waals surface area contributed by atoms with Crippen molar-refractivity contribution in [3.63, 3.8) is 0 Å². The molecule has 23 heavy (non-hydrogen) atoms. The van der Waals surface area contributed by atoms with E-state index in [0.29, 0.717) is 23.7 Å². The zero-order valence-corrected chi connectivity index (χ0v) is 12.6. The lowest BCUT2D eigenvalue weighted by Crippen LogP contribution is -1.99. The van der Waals surface area contributed by atoms with Crippen molar-refractivity contribution in [3.8, 4) is 17.1 Å². The summed E-state index contributed by atoms with van der Waals surface area (Å²) >= 11 is 0. The number of anilines is 1. The highest BCUT2D eigenvalue weighted by Crippen LogP contribution is 2.32.